The second kappa shape index (κ2) is 11.4. The Morgan fingerprint density at radius 2 is 2.05 bits per heavy atom. The normalized spacial score (nSPS) is 14.4. The molecule has 1 heterocycles. The van der Waals surface area contributed by atoms with Gasteiger partial charge in [-0.2, -0.15) is 0 Å². The van der Waals surface area contributed by atoms with Crippen LogP contribution in [0.15, 0.2) is 12.4 Å². The minimum Gasteiger partial charge on any atom is -0.480 e. The van der Waals surface area contributed by atoms with Crippen molar-refractivity contribution in [3.8, 4) is 0 Å². The summed E-state index contributed by atoms with van der Waals surface area (Å²) in [6.45, 7) is -0.278. The standard InChI is InChI=1S/C6H13N.C4H4N2O.C2H5NO2/c7-6-4-2-1-3-5-6;7-3-4-5-1-2-6-4;3-1-2(4)5/h6H,1-5,7H2;1-3H,(H,5,6);1,3H2,(H,4,5). The van der Waals surface area contributed by atoms with E-state index in [2.05, 4.69) is 15.7 Å². The molecule has 7 heteroatoms. The summed E-state index contributed by atoms with van der Waals surface area (Å²) in [5.74, 6) is -0.593. The molecule has 0 amide bonds. The fraction of sp³-hybridized carbons (Fsp3) is 0.583. The van der Waals surface area contributed by atoms with Gasteiger partial charge in [-0.05, 0) is 12.8 Å². The molecule has 19 heavy (non-hydrogen) atoms. The Balaban J connectivity index is 0.000000261. The number of carboxylic acids is 1. The van der Waals surface area contributed by atoms with Gasteiger partial charge in [0.15, 0.2) is 12.1 Å². The van der Waals surface area contributed by atoms with E-state index in [1.165, 1.54) is 38.3 Å². The van der Waals surface area contributed by atoms with Gasteiger partial charge in [0.05, 0.1) is 6.54 Å². The molecule has 1 aliphatic carbocycles. The maximum atomic E-state index is 9.77. The highest BCUT2D eigenvalue weighted by atomic mass is 16.4. The zero-order valence-electron chi connectivity index (χ0n) is 10.9. The van der Waals surface area contributed by atoms with E-state index >= 15 is 0 Å². The van der Waals surface area contributed by atoms with Gasteiger partial charge in [0, 0.05) is 18.4 Å². The van der Waals surface area contributed by atoms with Gasteiger partial charge in [-0.3, -0.25) is 9.59 Å². The number of aromatic amines is 1. The topological polar surface area (TPSA) is 135 Å². The van der Waals surface area contributed by atoms with Gasteiger partial charge in [0.25, 0.3) is 0 Å². The van der Waals surface area contributed by atoms with Crippen LogP contribution in [0.3, 0.4) is 0 Å². The molecule has 6 N–H and O–H groups in total. The third-order valence-corrected chi connectivity index (χ3v) is 2.46. The largest absolute Gasteiger partial charge is 0.480 e. The Labute approximate surface area is 112 Å². The number of nitrogens with two attached hydrogens (primary N) is 2. The van der Waals surface area contributed by atoms with E-state index in [1.54, 1.807) is 6.20 Å². The van der Waals surface area contributed by atoms with E-state index in [4.69, 9.17) is 10.8 Å². The van der Waals surface area contributed by atoms with Crippen molar-refractivity contribution in [3.63, 3.8) is 0 Å². The van der Waals surface area contributed by atoms with Crippen molar-refractivity contribution in [3.05, 3.63) is 18.2 Å². The molecule has 7 nitrogen and oxygen atoms in total. The third-order valence-electron chi connectivity index (χ3n) is 2.46. The summed E-state index contributed by atoms with van der Waals surface area (Å²) in [6.07, 6.45) is 10.5. The molecule has 1 aliphatic rings. The first-order valence-electron chi connectivity index (χ1n) is 6.22. The number of hydrogen-bond donors (Lipinski definition) is 4. The molecule has 1 fully saturated rings. The van der Waals surface area contributed by atoms with Crippen molar-refractivity contribution in [1.82, 2.24) is 9.97 Å². The summed E-state index contributed by atoms with van der Waals surface area (Å²) in [5.41, 5.74) is 10.2. The van der Waals surface area contributed by atoms with Crippen LogP contribution >= 0.6 is 0 Å². The van der Waals surface area contributed by atoms with Crippen molar-refractivity contribution in [2.75, 3.05) is 6.54 Å². The minimum atomic E-state index is -0.968. The summed E-state index contributed by atoms with van der Waals surface area (Å²) in [5, 5.41) is 7.60. The van der Waals surface area contributed by atoms with E-state index < -0.39 is 5.97 Å². The SMILES string of the molecule is NC1CCCCC1.NCC(=O)O.O=Cc1ncc[nH]1. The number of imidazole rings is 1. The Kier molecular flexibility index (Phi) is 10.3. The highest BCUT2D eigenvalue weighted by Crippen LogP contribution is 2.14. The molecule has 2 rings (SSSR count). The van der Waals surface area contributed by atoms with Crippen molar-refractivity contribution < 1.29 is 14.7 Å². The minimum absolute atomic E-state index is 0.278. The van der Waals surface area contributed by atoms with Gasteiger partial charge in [-0.15, -0.1) is 0 Å². The lowest BCUT2D eigenvalue weighted by Gasteiger charge is -2.15. The fourth-order valence-electron chi connectivity index (χ4n) is 1.48. The first kappa shape index (κ1) is 17.3. The Morgan fingerprint density at radius 1 is 1.47 bits per heavy atom. The van der Waals surface area contributed by atoms with E-state index in [0.717, 1.165) is 0 Å². The van der Waals surface area contributed by atoms with Gasteiger partial charge in [-0.1, -0.05) is 19.3 Å². The number of carboxylic acid groups (broad SMARTS) is 1. The first-order chi connectivity index (χ1) is 9.10. The number of H-pyrrole nitrogens is 1. The second-order valence-electron chi connectivity index (χ2n) is 4.09. The molecule has 0 saturated heterocycles. The molecule has 1 aromatic rings. The Morgan fingerprint density at radius 3 is 2.26 bits per heavy atom. The summed E-state index contributed by atoms with van der Waals surface area (Å²) >= 11 is 0. The van der Waals surface area contributed by atoms with Crippen LogP contribution in [0.1, 0.15) is 42.7 Å². The molecule has 1 saturated carbocycles. The zero-order chi connectivity index (χ0) is 14.5. The number of hydrogen-bond acceptors (Lipinski definition) is 5. The average Bonchev–Trinajstić information content (AvgIpc) is 2.94. The lowest BCUT2D eigenvalue weighted by molar-refractivity contribution is -0.135. The number of aromatic nitrogens is 2. The molecule has 0 atom stereocenters. The highest BCUT2D eigenvalue weighted by molar-refractivity contribution is 5.68. The van der Waals surface area contributed by atoms with Crippen LogP contribution in [0.5, 0.6) is 0 Å². The van der Waals surface area contributed by atoms with Gasteiger partial charge >= 0.3 is 5.97 Å². The molecule has 1 aromatic heterocycles. The van der Waals surface area contributed by atoms with Crippen LogP contribution in [0, 0.1) is 0 Å². The summed E-state index contributed by atoms with van der Waals surface area (Å²) in [6, 6.07) is 0.536. The maximum absolute atomic E-state index is 9.77. The predicted molar refractivity (Wildman–Crippen MR) is 71.7 cm³/mol. The number of aldehydes is 1. The first-order valence-corrected chi connectivity index (χ1v) is 6.22. The number of nitrogens with one attached hydrogen (secondary N) is 1. The van der Waals surface area contributed by atoms with Crippen LogP contribution in [-0.4, -0.2) is 39.9 Å². The quantitative estimate of drug-likeness (QED) is 0.579. The van der Waals surface area contributed by atoms with E-state index in [-0.39, 0.29) is 6.54 Å². The number of carbonyl (C=O) groups excluding carboxylic acids is 1. The molecular weight excluding hydrogens is 248 g/mol. The van der Waals surface area contributed by atoms with Gasteiger partial charge in [0.2, 0.25) is 0 Å². The highest BCUT2D eigenvalue weighted by Gasteiger charge is 2.06. The molecular formula is C12H22N4O3. The number of carbonyl (C=O) groups is 2. The maximum Gasteiger partial charge on any atom is 0.317 e. The molecule has 0 radical (unpaired) electrons. The Bertz CT molecular complexity index is 335. The van der Waals surface area contributed by atoms with Crippen LogP contribution in [0.25, 0.3) is 0 Å². The van der Waals surface area contributed by atoms with Crippen LogP contribution in [-0.2, 0) is 4.79 Å². The lowest BCUT2D eigenvalue weighted by atomic mass is 9.97. The van der Waals surface area contributed by atoms with E-state index in [1.807, 2.05) is 0 Å². The molecule has 0 spiro atoms. The fourth-order valence-corrected chi connectivity index (χ4v) is 1.48. The molecule has 0 aliphatic heterocycles. The molecule has 0 aromatic carbocycles. The monoisotopic (exact) mass is 270 g/mol. The summed E-state index contributed by atoms with van der Waals surface area (Å²) in [4.78, 5) is 25.2. The molecule has 0 bridgehead atoms. The van der Waals surface area contributed by atoms with Gasteiger partial charge < -0.3 is 21.6 Å². The molecule has 108 valence electrons. The smallest absolute Gasteiger partial charge is 0.317 e. The third kappa shape index (κ3) is 11.1. The Hall–Kier alpha value is -1.73. The average molecular weight is 270 g/mol. The van der Waals surface area contributed by atoms with Crippen molar-refractivity contribution in [2.24, 2.45) is 11.5 Å². The van der Waals surface area contributed by atoms with Gasteiger partial charge in [0.1, 0.15) is 0 Å². The lowest BCUT2D eigenvalue weighted by Crippen LogP contribution is -2.22. The van der Waals surface area contributed by atoms with Crippen LogP contribution < -0.4 is 11.5 Å². The van der Waals surface area contributed by atoms with E-state index in [0.29, 0.717) is 18.2 Å². The van der Waals surface area contributed by atoms with Crippen molar-refractivity contribution in [1.29, 1.82) is 0 Å². The zero-order valence-corrected chi connectivity index (χ0v) is 10.9. The number of rotatable bonds is 2. The van der Waals surface area contributed by atoms with Crippen LogP contribution in [0.4, 0.5) is 0 Å². The van der Waals surface area contributed by atoms with Crippen LogP contribution in [0.2, 0.25) is 0 Å². The second-order valence-corrected chi connectivity index (χ2v) is 4.09. The van der Waals surface area contributed by atoms with Gasteiger partial charge in [-0.25, -0.2) is 4.98 Å². The number of nitrogens with zero attached hydrogens (tertiary/aromatic N) is 1. The van der Waals surface area contributed by atoms with Crippen molar-refractivity contribution >= 4 is 12.3 Å². The summed E-state index contributed by atoms with van der Waals surface area (Å²) in [7, 11) is 0. The predicted octanol–water partition coefficient (Wildman–Crippen LogP) is 0.530. The van der Waals surface area contributed by atoms with E-state index in [9.17, 15) is 9.59 Å². The number of aliphatic carboxylic acids is 1. The summed E-state index contributed by atoms with van der Waals surface area (Å²) < 4.78 is 0. The van der Waals surface area contributed by atoms with Crippen molar-refractivity contribution in [2.45, 2.75) is 38.1 Å². The molecule has 0 unspecified atom stereocenters.